The van der Waals surface area contributed by atoms with Gasteiger partial charge in [0, 0.05) is 44.6 Å². The number of fused-ring (bicyclic) bond motifs is 1. The van der Waals surface area contributed by atoms with Crippen molar-refractivity contribution in [2.24, 2.45) is 5.72 Å². The van der Waals surface area contributed by atoms with Crippen LogP contribution in [0.25, 0.3) is 5.69 Å². The Labute approximate surface area is 216 Å². The van der Waals surface area contributed by atoms with Crippen LogP contribution in [-0.4, -0.2) is 47.7 Å². The number of piperidine rings is 1. The Bertz CT molecular complexity index is 1850. The van der Waals surface area contributed by atoms with Crippen LogP contribution in [-0.2, 0) is 11.2 Å². The molecule has 1 aromatic heterocycles. The number of aromatic nitrogens is 2. The monoisotopic (exact) mass is 473 g/mol. The first-order chi connectivity index (χ1) is 22.0. The van der Waals surface area contributed by atoms with E-state index < -0.39 is 115 Å². The minimum Gasteiger partial charge on any atom is -0.497 e. The third-order valence-electron chi connectivity index (χ3n) is 5.11. The van der Waals surface area contributed by atoms with Crippen LogP contribution < -0.4 is 20.3 Å². The number of carbonyl (C=O) groups is 3. The van der Waals surface area contributed by atoms with Crippen LogP contribution in [0, 0.1) is 0 Å². The van der Waals surface area contributed by atoms with Crippen molar-refractivity contribution >= 4 is 29.1 Å². The molecule has 1 fully saturated rings. The number of ether oxygens (including phenoxy) is 1. The average Bonchev–Trinajstić information content (AvgIpc) is 3.39. The fourth-order valence-electron chi connectivity index (χ4n) is 3.47. The summed E-state index contributed by atoms with van der Waals surface area (Å²) >= 11 is 0. The van der Waals surface area contributed by atoms with Gasteiger partial charge in [0.05, 0.1) is 21.0 Å². The van der Waals surface area contributed by atoms with Gasteiger partial charge in [0.25, 0.3) is 11.8 Å². The smallest absolute Gasteiger partial charge is 0.277 e. The summed E-state index contributed by atoms with van der Waals surface area (Å²) in [7, 11) is 1.09. The van der Waals surface area contributed by atoms with Crippen molar-refractivity contribution in [2.45, 2.75) is 25.5 Å². The second-order valence-electron chi connectivity index (χ2n) is 7.08. The number of nitrogens with zero attached hydrogens (tertiary/aromatic N) is 4. The first-order valence-electron chi connectivity index (χ1n) is 16.8. The molecule has 3 heterocycles. The second kappa shape index (κ2) is 8.66. The lowest BCUT2D eigenvalue weighted by atomic mass is 10.0. The van der Waals surface area contributed by atoms with E-state index in [1.807, 2.05) is 0 Å². The van der Waals surface area contributed by atoms with E-state index >= 15 is 0 Å². The molecule has 34 heavy (non-hydrogen) atoms. The molecule has 174 valence electrons. The molecule has 0 bridgehead atoms. The second-order valence-corrected chi connectivity index (χ2v) is 7.08. The number of hydrogen-bond donors (Lipinski definition) is 1. The molecule has 0 atom stereocenters. The van der Waals surface area contributed by atoms with Gasteiger partial charge in [-0.3, -0.25) is 14.4 Å². The van der Waals surface area contributed by atoms with E-state index in [0.29, 0.717) is 9.58 Å². The van der Waals surface area contributed by atoms with Crippen LogP contribution >= 0.6 is 0 Å². The van der Waals surface area contributed by atoms with Crippen molar-refractivity contribution in [1.29, 1.82) is 0 Å². The molecule has 2 aromatic carbocycles. The Kier molecular flexibility index (Phi) is 2.77. The number of methoxy groups -OCH3 is 1. The van der Waals surface area contributed by atoms with Crippen LogP contribution in [0.5, 0.6) is 5.75 Å². The Morgan fingerprint density at radius 2 is 1.79 bits per heavy atom. The summed E-state index contributed by atoms with van der Waals surface area (Å²) in [6.45, 7) is -3.99. The first kappa shape index (κ1) is 10.9. The molecular formula is C25H25N5O4. The van der Waals surface area contributed by atoms with Crippen LogP contribution in [0.3, 0.4) is 0 Å². The van der Waals surface area contributed by atoms with Crippen LogP contribution in [0.4, 0.5) is 11.4 Å². The summed E-state index contributed by atoms with van der Waals surface area (Å²) in [6.07, 6.45) is -8.98. The van der Waals surface area contributed by atoms with Gasteiger partial charge < -0.3 is 20.3 Å². The number of hydrogen-bond acceptors (Lipinski definition) is 5. The lowest BCUT2D eigenvalue weighted by Crippen LogP contribution is -2.39. The van der Waals surface area contributed by atoms with Gasteiger partial charge >= 0.3 is 0 Å². The van der Waals surface area contributed by atoms with E-state index in [2.05, 4.69) is 5.10 Å². The lowest BCUT2D eigenvalue weighted by Gasteiger charge is -2.29. The number of primary amides is 1. The number of carbonyl (C=O) groups excluding carboxylic acids is 3. The maximum atomic E-state index is 14.3. The van der Waals surface area contributed by atoms with Crippen molar-refractivity contribution in [3.63, 3.8) is 0 Å². The molecule has 0 radical (unpaired) electrons. The maximum Gasteiger partial charge on any atom is 0.277 e. The number of amides is 3. The Balaban J connectivity index is 1.72. The average molecular weight is 474 g/mol. The lowest BCUT2D eigenvalue weighted by molar-refractivity contribution is -0.119. The Morgan fingerprint density at radius 1 is 1.09 bits per heavy atom. The minimum atomic E-state index is -3.34. The van der Waals surface area contributed by atoms with E-state index in [-0.39, 0.29) is 11.4 Å². The molecule has 1 saturated heterocycles. The van der Waals surface area contributed by atoms with Crippen molar-refractivity contribution in [2.75, 3.05) is 30.0 Å². The standard InChI is InChI=1S/C25H25N5O4/c1-34-19-11-9-18(10-12-19)30-23-20(22(27-30)24(26)32)13-15-29(25(23)33)17-7-5-16(6-8-17)28-14-3-2-4-21(28)31/h5-12H,2-4,13-15H2,1H3,(H2,26,32)/i2D2,3D2,9D,10D,11D,12D,13D2,15D2/hD2. The van der Waals surface area contributed by atoms with Crippen molar-refractivity contribution in [3.8, 4) is 11.4 Å². The molecule has 9 nitrogen and oxygen atoms in total. The fourth-order valence-corrected chi connectivity index (χ4v) is 3.47. The molecular weight excluding hydrogens is 434 g/mol. The third-order valence-corrected chi connectivity index (χ3v) is 5.11. The summed E-state index contributed by atoms with van der Waals surface area (Å²) < 4.78 is 121. The zero-order valence-electron chi connectivity index (χ0n) is 31.6. The molecule has 9 heteroatoms. The van der Waals surface area contributed by atoms with Gasteiger partial charge in [-0.25, -0.2) is 4.68 Å². The number of rotatable bonds is 5. The Hall–Kier alpha value is -4.14. The topological polar surface area (TPSA) is 111 Å². The summed E-state index contributed by atoms with van der Waals surface area (Å²) in [4.78, 5) is 41.2. The fraction of sp³-hybridized carbons (Fsp3) is 0.280. The predicted molar refractivity (Wildman–Crippen MR) is 127 cm³/mol. The molecule has 0 saturated carbocycles. The highest BCUT2D eigenvalue weighted by atomic mass is 16.5. The SMILES string of the molecule is [2H]c1c([2H])c(-n2nc(C(=O)N([2H])[2H])c3c2C(=O)N(c2ccc(N4CC([2H])([2H])C([2H])([2H])CC4=O)cc2)C([2H])([2H])C3([2H])[2H])c([2H])c([2H])c1OC. The molecule has 3 amide bonds. The summed E-state index contributed by atoms with van der Waals surface area (Å²) in [5.74, 6) is -4.20. The van der Waals surface area contributed by atoms with E-state index in [1.54, 1.807) is 0 Å². The highest BCUT2D eigenvalue weighted by molar-refractivity contribution is 6.09. The largest absolute Gasteiger partial charge is 0.497 e. The van der Waals surface area contributed by atoms with Crippen LogP contribution in [0.2, 0.25) is 2.82 Å². The highest BCUT2D eigenvalue weighted by Crippen LogP contribution is 2.31. The molecule has 5 rings (SSSR count). The minimum absolute atomic E-state index is 0.0580. The van der Waals surface area contributed by atoms with E-state index in [1.165, 1.54) is 12.1 Å². The van der Waals surface area contributed by atoms with Crippen molar-refractivity contribution in [3.05, 3.63) is 65.4 Å². The molecule has 0 aliphatic carbocycles. The van der Waals surface area contributed by atoms with Crippen LogP contribution in [0.1, 0.15) is 62.2 Å². The zero-order valence-corrected chi connectivity index (χ0v) is 17.6. The molecule has 2 aliphatic rings. The Morgan fingerprint density at radius 3 is 2.47 bits per heavy atom. The normalized spacial score (nSPS) is 27.7. The number of benzene rings is 2. The summed E-state index contributed by atoms with van der Waals surface area (Å²) in [5.41, 5.74) is -4.49. The summed E-state index contributed by atoms with van der Waals surface area (Å²) in [6, 6.07) is 1.51. The van der Waals surface area contributed by atoms with Crippen molar-refractivity contribution < 1.29 is 38.4 Å². The van der Waals surface area contributed by atoms with Gasteiger partial charge in [-0.15, -0.1) is 0 Å². The molecule has 2 aliphatic heterocycles. The van der Waals surface area contributed by atoms with Gasteiger partial charge in [0.2, 0.25) is 5.91 Å². The molecule has 3 aromatic rings. The van der Waals surface area contributed by atoms with Gasteiger partial charge in [0.15, 0.2) is 8.52 Å². The van der Waals surface area contributed by atoms with Gasteiger partial charge in [-0.05, 0) is 67.6 Å². The molecule has 0 unspecified atom stereocenters. The predicted octanol–water partition coefficient (Wildman–Crippen LogP) is 2.70. The maximum absolute atomic E-state index is 14.3. The van der Waals surface area contributed by atoms with Gasteiger partial charge in [-0.1, -0.05) is 0 Å². The quantitative estimate of drug-likeness (QED) is 0.613. The van der Waals surface area contributed by atoms with Crippen molar-refractivity contribution in [1.82, 2.24) is 9.78 Å². The number of nitrogens with two attached hydrogens (primary N) is 1. The number of anilines is 2. The first-order valence-corrected chi connectivity index (χ1v) is 9.89. The van der Waals surface area contributed by atoms with Gasteiger partial charge in [0.1, 0.15) is 11.4 Å². The molecule has 2 N–H and O–H groups in total. The third kappa shape index (κ3) is 3.68. The van der Waals surface area contributed by atoms with E-state index in [4.69, 9.17) is 24.0 Å². The van der Waals surface area contributed by atoms with E-state index in [9.17, 15) is 14.4 Å². The zero-order chi connectivity index (χ0) is 36.0. The summed E-state index contributed by atoms with van der Waals surface area (Å²) in [5, 5.41) is 3.86. The molecule has 0 spiro atoms. The van der Waals surface area contributed by atoms with Crippen LogP contribution in [0.15, 0.2) is 48.4 Å². The van der Waals surface area contributed by atoms with E-state index in [0.717, 1.165) is 24.1 Å². The highest BCUT2D eigenvalue weighted by Gasteiger charge is 2.34. The van der Waals surface area contributed by atoms with Gasteiger partial charge in [-0.2, -0.15) is 5.10 Å².